The number of nitrogens with one attached hydrogen (secondary N) is 1. The maximum Gasteiger partial charge on any atom is 0.387 e. The van der Waals surface area contributed by atoms with Gasteiger partial charge in [-0.3, -0.25) is 4.79 Å². The van der Waals surface area contributed by atoms with Gasteiger partial charge in [0.2, 0.25) is 5.91 Å². The average Bonchev–Trinajstić information content (AvgIpc) is 2.34. The highest BCUT2D eigenvalue weighted by molar-refractivity contribution is 5.75. The van der Waals surface area contributed by atoms with Crippen molar-refractivity contribution in [3.63, 3.8) is 0 Å². The molecule has 0 bridgehead atoms. The summed E-state index contributed by atoms with van der Waals surface area (Å²) in [5.74, 6) is -0.189. The fourth-order valence-corrected chi connectivity index (χ4v) is 1.38. The van der Waals surface area contributed by atoms with E-state index in [0.29, 0.717) is 12.0 Å². The molecule has 1 aromatic rings. The molecule has 0 aliphatic rings. The standard InChI is InChI=1S/C12H15F2NO3/c13-12(14)18-10-5-2-1-4-9(10)8-15-11(17)6-3-7-16/h1-2,4-5,12,16H,3,6-8H2,(H,15,17). The molecule has 0 saturated heterocycles. The monoisotopic (exact) mass is 259 g/mol. The van der Waals surface area contributed by atoms with Crippen molar-refractivity contribution in [3.8, 4) is 5.75 Å². The highest BCUT2D eigenvalue weighted by atomic mass is 19.3. The third-order valence-electron chi connectivity index (χ3n) is 2.23. The van der Waals surface area contributed by atoms with E-state index in [-0.39, 0.29) is 31.2 Å². The Labute approximate surface area is 104 Å². The molecule has 0 unspecified atom stereocenters. The zero-order chi connectivity index (χ0) is 13.4. The number of hydrogen-bond donors (Lipinski definition) is 2. The van der Waals surface area contributed by atoms with E-state index in [2.05, 4.69) is 10.1 Å². The Balaban J connectivity index is 2.53. The van der Waals surface area contributed by atoms with Crippen LogP contribution in [-0.2, 0) is 11.3 Å². The Kier molecular flexibility index (Phi) is 6.07. The Morgan fingerprint density at radius 2 is 2.11 bits per heavy atom. The van der Waals surface area contributed by atoms with Gasteiger partial charge in [-0.2, -0.15) is 8.78 Å². The molecule has 0 atom stereocenters. The lowest BCUT2D eigenvalue weighted by molar-refractivity contribution is -0.121. The molecule has 1 rings (SSSR count). The largest absolute Gasteiger partial charge is 0.434 e. The first-order valence-corrected chi connectivity index (χ1v) is 5.53. The normalized spacial score (nSPS) is 10.4. The molecule has 0 aliphatic heterocycles. The predicted molar refractivity (Wildman–Crippen MR) is 61.2 cm³/mol. The number of amides is 1. The van der Waals surface area contributed by atoms with Crippen molar-refractivity contribution < 1.29 is 23.4 Å². The van der Waals surface area contributed by atoms with Crippen molar-refractivity contribution in [1.29, 1.82) is 0 Å². The third kappa shape index (κ3) is 5.09. The summed E-state index contributed by atoms with van der Waals surface area (Å²) in [6.45, 7) is -2.83. The van der Waals surface area contributed by atoms with E-state index in [0.717, 1.165) is 0 Å². The van der Waals surface area contributed by atoms with Gasteiger partial charge < -0.3 is 15.2 Å². The summed E-state index contributed by atoms with van der Waals surface area (Å²) in [6, 6.07) is 6.27. The number of hydrogen-bond acceptors (Lipinski definition) is 3. The van der Waals surface area contributed by atoms with E-state index in [1.165, 1.54) is 6.07 Å². The Bertz CT molecular complexity index is 385. The number of ether oxygens (including phenoxy) is 1. The smallest absolute Gasteiger partial charge is 0.387 e. The topological polar surface area (TPSA) is 58.6 Å². The van der Waals surface area contributed by atoms with Crippen LogP contribution in [0.25, 0.3) is 0 Å². The van der Waals surface area contributed by atoms with Crippen LogP contribution in [0.15, 0.2) is 24.3 Å². The lowest BCUT2D eigenvalue weighted by Crippen LogP contribution is -2.23. The first-order valence-electron chi connectivity index (χ1n) is 5.53. The second-order valence-electron chi connectivity index (χ2n) is 3.59. The summed E-state index contributed by atoms with van der Waals surface area (Å²) in [7, 11) is 0. The number of rotatable bonds is 7. The van der Waals surface area contributed by atoms with E-state index >= 15 is 0 Å². The van der Waals surface area contributed by atoms with Gasteiger partial charge in [-0.1, -0.05) is 18.2 Å². The van der Waals surface area contributed by atoms with Gasteiger partial charge in [-0.05, 0) is 12.5 Å². The zero-order valence-corrected chi connectivity index (χ0v) is 9.73. The molecule has 6 heteroatoms. The van der Waals surface area contributed by atoms with Crippen molar-refractivity contribution >= 4 is 5.91 Å². The number of para-hydroxylation sites is 1. The summed E-state index contributed by atoms with van der Waals surface area (Å²) in [5.41, 5.74) is 0.482. The maximum absolute atomic E-state index is 12.1. The van der Waals surface area contributed by atoms with E-state index < -0.39 is 6.61 Å². The summed E-state index contributed by atoms with van der Waals surface area (Å²) in [6.07, 6.45) is 0.579. The lowest BCUT2D eigenvalue weighted by atomic mass is 10.2. The van der Waals surface area contributed by atoms with Crippen LogP contribution < -0.4 is 10.1 Å². The maximum atomic E-state index is 12.1. The molecule has 0 radical (unpaired) electrons. The van der Waals surface area contributed by atoms with E-state index in [4.69, 9.17) is 5.11 Å². The first kappa shape index (κ1) is 14.4. The van der Waals surface area contributed by atoms with Gasteiger partial charge in [-0.15, -0.1) is 0 Å². The molecule has 0 saturated carbocycles. The van der Waals surface area contributed by atoms with E-state index in [1.54, 1.807) is 18.2 Å². The first-order chi connectivity index (χ1) is 8.63. The van der Waals surface area contributed by atoms with Crippen LogP contribution in [0.2, 0.25) is 0 Å². The molecule has 18 heavy (non-hydrogen) atoms. The van der Waals surface area contributed by atoms with Crippen molar-refractivity contribution in [1.82, 2.24) is 5.32 Å². The highest BCUT2D eigenvalue weighted by Gasteiger charge is 2.09. The van der Waals surface area contributed by atoms with Crippen molar-refractivity contribution in [2.45, 2.75) is 26.0 Å². The minimum atomic E-state index is -2.89. The van der Waals surface area contributed by atoms with Gasteiger partial charge in [0, 0.05) is 25.1 Å². The third-order valence-corrected chi connectivity index (χ3v) is 2.23. The van der Waals surface area contributed by atoms with Gasteiger partial charge in [0.05, 0.1) is 0 Å². The van der Waals surface area contributed by atoms with Gasteiger partial charge in [0.15, 0.2) is 0 Å². The lowest BCUT2D eigenvalue weighted by Gasteiger charge is -2.11. The molecule has 4 nitrogen and oxygen atoms in total. The molecule has 0 heterocycles. The second-order valence-corrected chi connectivity index (χ2v) is 3.59. The average molecular weight is 259 g/mol. The SMILES string of the molecule is O=C(CCCO)NCc1ccccc1OC(F)F. The van der Waals surface area contributed by atoms with Crippen LogP contribution in [0.1, 0.15) is 18.4 Å². The predicted octanol–water partition coefficient (Wildman–Crippen LogP) is 1.68. The number of alkyl halides is 2. The molecule has 0 fully saturated rings. The zero-order valence-electron chi connectivity index (χ0n) is 9.73. The molecule has 100 valence electrons. The minimum Gasteiger partial charge on any atom is -0.434 e. The number of aliphatic hydroxyl groups is 1. The van der Waals surface area contributed by atoms with Crippen molar-refractivity contribution in [3.05, 3.63) is 29.8 Å². The quantitative estimate of drug-likeness (QED) is 0.783. The summed E-state index contributed by atoms with van der Waals surface area (Å²) < 4.78 is 28.6. The van der Waals surface area contributed by atoms with E-state index in [1.807, 2.05) is 0 Å². The summed E-state index contributed by atoms with van der Waals surface area (Å²) >= 11 is 0. The number of halogens is 2. The molecule has 1 amide bonds. The van der Waals surface area contributed by atoms with Gasteiger partial charge >= 0.3 is 6.61 Å². The fraction of sp³-hybridized carbons (Fsp3) is 0.417. The number of benzene rings is 1. The Hall–Kier alpha value is -1.69. The summed E-state index contributed by atoms with van der Waals surface area (Å²) in [5, 5.41) is 11.1. The molecular formula is C12H15F2NO3. The van der Waals surface area contributed by atoms with Gasteiger partial charge in [0.25, 0.3) is 0 Å². The molecular weight excluding hydrogens is 244 g/mol. The Morgan fingerprint density at radius 3 is 2.78 bits per heavy atom. The minimum absolute atomic E-state index is 0.0509. The number of carbonyl (C=O) groups excluding carboxylic acids is 1. The van der Waals surface area contributed by atoms with Crippen molar-refractivity contribution in [2.75, 3.05) is 6.61 Å². The Morgan fingerprint density at radius 1 is 1.39 bits per heavy atom. The molecule has 0 spiro atoms. The number of aliphatic hydroxyl groups excluding tert-OH is 1. The van der Waals surface area contributed by atoms with Crippen LogP contribution in [0.5, 0.6) is 5.75 Å². The molecule has 0 aliphatic carbocycles. The van der Waals surface area contributed by atoms with Crippen LogP contribution in [0, 0.1) is 0 Å². The molecule has 0 aromatic heterocycles. The molecule has 1 aromatic carbocycles. The fourth-order valence-electron chi connectivity index (χ4n) is 1.38. The second kappa shape index (κ2) is 7.60. The van der Waals surface area contributed by atoms with Crippen LogP contribution in [-0.4, -0.2) is 24.2 Å². The van der Waals surface area contributed by atoms with Gasteiger partial charge in [0.1, 0.15) is 5.75 Å². The van der Waals surface area contributed by atoms with Crippen LogP contribution in [0.3, 0.4) is 0 Å². The van der Waals surface area contributed by atoms with Crippen LogP contribution >= 0.6 is 0 Å². The van der Waals surface area contributed by atoms with Crippen LogP contribution in [0.4, 0.5) is 8.78 Å². The van der Waals surface area contributed by atoms with E-state index in [9.17, 15) is 13.6 Å². The summed E-state index contributed by atoms with van der Waals surface area (Å²) in [4.78, 5) is 11.3. The van der Waals surface area contributed by atoms with Gasteiger partial charge in [-0.25, -0.2) is 0 Å². The molecule has 2 N–H and O–H groups in total. The highest BCUT2D eigenvalue weighted by Crippen LogP contribution is 2.19. The van der Waals surface area contributed by atoms with Crippen molar-refractivity contribution in [2.24, 2.45) is 0 Å². The number of carbonyl (C=O) groups is 1.